The maximum absolute atomic E-state index is 11.7. The minimum absolute atomic E-state index is 0.140. The SMILES string of the molecule is CNCC(=O)Nc1ccnn1Cc1ccc(OC)c(OC)c1OC. The predicted octanol–water partition coefficient (Wildman–Crippen LogP) is 1.12. The van der Waals surface area contributed by atoms with E-state index in [1.54, 1.807) is 51.4 Å². The number of nitrogens with zero attached hydrogens (tertiary/aromatic N) is 2. The Morgan fingerprint density at radius 3 is 2.50 bits per heavy atom. The molecule has 24 heavy (non-hydrogen) atoms. The molecule has 0 atom stereocenters. The Morgan fingerprint density at radius 2 is 1.88 bits per heavy atom. The molecular formula is C16H22N4O4. The number of nitrogens with one attached hydrogen (secondary N) is 2. The van der Waals surface area contributed by atoms with Crippen LogP contribution in [-0.2, 0) is 11.3 Å². The molecule has 0 fully saturated rings. The number of hydrogen-bond acceptors (Lipinski definition) is 6. The van der Waals surface area contributed by atoms with E-state index >= 15 is 0 Å². The zero-order chi connectivity index (χ0) is 17.5. The number of anilines is 1. The van der Waals surface area contributed by atoms with Crippen LogP contribution in [0, 0.1) is 0 Å². The van der Waals surface area contributed by atoms with Crippen molar-refractivity contribution in [3.63, 3.8) is 0 Å². The molecule has 0 saturated carbocycles. The smallest absolute Gasteiger partial charge is 0.239 e. The van der Waals surface area contributed by atoms with Crippen LogP contribution in [0.4, 0.5) is 5.82 Å². The molecule has 0 bridgehead atoms. The van der Waals surface area contributed by atoms with E-state index in [1.807, 2.05) is 6.07 Å². The van der Waals surface area contributed by atoms with E-state index in [0.29, 0.717) is 29.6 Å². The highest BCUT2D eigenvalue weighted by Crippen LogP contribution is 2.40. The van der Waals surface area contributed by atoms with Crippen LogP contribution < -0.4 is 24.8 Å². The number of aromatic nitrogens is 2. The molecule has 0 spiro atoms. The molecular weight excluding hydrogens is 312 g/mol. The summed E-state index contributed by atoms with van der Waals surface area (Å²) in [6.07, 6.45) is 1.63. The van der Waals surface area contributed by atoms with Gasteiger partial charge in [-0.3, -0.25) is 4.79 Å². The van der Waals surface area contributed by atoms with Crippen LogP contribution in [0.2, 0.25) is 0 Å². The first-order chi connectivity index (χ1) is 11.6. The third-order valence-corrected chi connectivity index (χ3v) is 3.43. The van der Waals surface area contributed by atoms with Gasteiger partial charge in [0.05, 0.1) is 40.6 Å². The summed E-state index contributed by atoms with van der Waals surface area (Å²) in [6, 6.07) is 5.42. The molecule has 1 amide bonds. The zero-order valence-corrected chi connectivity index (χ0v) is 14.3. The third-order valence-electron chi connectivity index (χ3n) is 3.43. The van der Waals surface area contributed by atoms with Crippen LogP contribution in [0.1, 0.15) is 5.56 Å². The quantitative estimate of drug-likeness (QED) is 0.752. The minimum atomic E-state index is -0.140. The third kappa shape index (κ3) is 3.77. The number of ether oxygens (including phenoxy) is 3. The summed E-state index contributed by atoms with van der Waals surface area (Å²) >= 11 is 0. The lowest BCUT2D eigenvalue weighted by molar-refractivity contribution is -0.115. The van der Waals surface area contributed by atoms with Crippen molar-refractivity contribution in [3.8, 4) is 17.2 Å². The maximum atomic E-state index is 11.7. The molecule has 8 nitrogen and oxygen atoms in total. The minimum Gasteiger partial charge on any atom is -0.493 e. The highest BCUT2D eigenvalue weighted by Gasteiger charge is 2.17. The van der Waals surface area contributed by atoms with Gasteiger partial charge in [0.25, 0.3) is 0 Å². The highest BCUT2D eigenvalue weighted by atomic mass is 16.5. The number of carbonyl (C=O) groups excluding carboxylic acids is 1. The van der Waals surface area contributed by atoms with Gasteiger partial charge in [0.2, 0.25) is 11.7 Å². The Kier molecular flexibility index (Phi) is 6.02. The van der Waals surface area contributed by atoms with Crippen molar-refractivity contribution in [2.75, 3.05) is 40.2 Å². The topological polar surface area (TPSA) is 86.6 Å². The summed E-state index contributed by atoms with van der Waals surface area (Å²) in [6.45, 7) is 0.635. The Labute approximate surface area is 140 Å². The van der Waals surface area contributed by atoms with Crippen LogP contribution >= 0.6 is 0 Å². The fourth-order valence-corrected chi connectivity index (χ4v) is 2.36. The predicted molar refractivity (Wildman–Crippen MR) is 90.0 cm³/mol. The fourth-order valence-electron chi connectivity index (χ4n) is 2.36. The summed E-state index contributed by atoms with van der Waals surface area (Å²) in [4.78, 5) is 11.7. The van der Waals surface area contributed by atoms with Crippen molar-refractivity contribution in [1.29, 1.82) is 0 Å². The van der Waals surface area contributed by atoms with E-state index in [9.17, 15) is 4.79 Å². The van der Waals surface area contributed by atoms with Crippen LogP contribution in [-0.4, -0.2) is 50.6 Å². The number of likely N-dealkylation sites (N-methyl/N-ethyl adjacent to an activating group) is 1. The van der Waals surface area contributed by atoms with Gasteiger partial charge in [-0.1, -0.05) is 0 Å². The summed E-state index contributed by atoms with van der Waals surface area (Å²) in [5, 5.41) is 9.86. The van der Waals surface area contributed by atoms with E-state index in [2.05, 4.69) is 15.7 Å². The van der Waals surface area contributed by atoms with Gasteiger partial charge >= 0.3 is 0 Å². The number of carbonyl (C=O) groups is 1. The van der Waals surface area contributed by atoms with Gasteiger partial charge in [-0.15, -0.1) is 0 Å². The van der Waals surface area contributed by atoms with Gasteiger partial charge in [-0.25, -0.2) is 4.68 Å². The second kappa shape index (κ2) is 8.21. The molecule has 0 radical (unpaired) electrons. The van der Waals surface area contributed by atoms with Gasteiger partial charge in [0, 0.05) is 11.6 Å². The van der Waals surface area contributed by atoms with E-state index < -0.39 is 0 Å². The van der Waals surface area contributed by atoms with E-state index in [0.717, 1.165) is 5.56 Å². The molecule has 0 aliphatic rings. The molecule has 1 aromatic carbocycles. The first kappa shape index (κ1) is 17.6. The van der Waals surface area contributed by atoms with Crippen LogP contribution in [0.15, 0.2) is 24.4 Å². The van der Waals surface area contributed by atoms with Gasteiger partial charge in [0.15, 0.2) is 11.5 Å². The number of amides is 1. The molecule has 130 valence electrons. The second-order valence-corrected chi connectivity index (χ2v) is 4.95. The lowest BCUT2D eigenvalue weighted by Gasteiger charge is -2.16. The van der Waals surface area contributed by atoms with Crippen molar-refractivity contribution < 1.29 is 19.0 Å². The van der Waals surface area contributed by atoms with E-state index in [-0.39, 0.29) is 12.5 Å². The van der Waals surface area contributed by atoms with Crippen LogP contribution in [0.3, 0.4) is 0 Å². The van der Waals surface area contributed by atoms with Gasteiger partial charge in [-0.05, 0) is 19.2 Å². The molecule has 8 heteroatoms. The number of rotatable bonds is 8. The van der Waals surface area contributed by atoms with Crippen LogP contribution in [0.5, 0.6) is 17.2 Å². The van der Waals surface area contributed by atoms with E-state index in [4.69, 9.17) is 14.2 Å². The first-order valence-corrected chi connectivity index (χ1v) is 7.38. The molecule has 2 N–H and O–H groups in total. The van der Waals surface area contributed by atoms with Crippen molar-refractivity contribution in [2.45, 2.75) is 6.54 Å². The van der Waals surface area contributed by atoms with Gasteiger partial charge in [-0.2, -0.15) is 5.10 Å². The Hall–Kier alpha value is -2.74. The normalized spacial score (nSPS) is 10.3. The molecule has 0 aliphatic heterocycles. The second-order valence-electron chi connectivity index (χ2n) is 4.95. The number of benzene rings is 1. The number of methoxy groups -OCH3 is 3. The van der Waals surface area contributed by atoms with Gasteiger partial charge < -0.3 is 24.8 Å². The summed E-state index contributed by atoms with van der Waals surface area (Å²) in [5.74, 6) is 2.14. The Balaban J connectivity index is 2.29. The summed E-state index contributed by atoms with van der Waals surface area (Å²) < 4.78 is 17.8. The highest BCUT2D eigenvalue weighted by molar-refractivity contribution is 5.91. The largest absolute Gasteiger partial charge is 0.493 e. The van der Waals surface area contributed by atoms with Crippen molar-refractivity contribution >= 4 is 11.7 Å². The van der Waals surface area contributed by atoms with Crippen molar-refractivity contribution in [2.24, 2.45) is 0 Å². The van der Waals surface area contributed by atoms with Crippen molar-refractivity contribution in [1.82, 2.24) is 15.1 Å². The van der Waals surface area contributed by atoms with Crippen molar-refractivity contribution in [3.05, 3.63) is 30.0 Å². The van der Waals surface area contributed by atoms with Crippen LogP contribution in [0.25, 0.3) is 0 Å². The standard InChI is InChI=1S/C16H22N4O4/c1-17-9-14(21)19-13-7-8-18-20(13)10-11-5-6-12(22-2)16(24-4)15(11)23-3/h5-8,17H,9-10H2,1-4H3,(H,19,21). The fraction of sp³-hybridized carbons (Fsp3) is 0.375. The molecule has 2 rings (SSSR count). The molecule has 0 aliphatic carbocycles. The van der Waals surface area contributed by atoms with Gasteiger partial charge in [0.1, 0.15) is 5.82 Å². The Bertz CT molecular complexity index is 699. The molecule has 0 unspecified atom stereocenters. The zero-order valence-electron chi connectivity index (χ0n) is 14.3. The molecule has 2 aromatic rings. The van der Waals surface area contributed by atoms with E-state index in [1.165, 1.54) is 0 Å². The lowest BCUT2D eigenvalue weighted by atomic mass is 10.1. The average molecular weight is 334 g/mol. The summed E-state index contributed by atoms with van der Waals surface area (Å²) in [5.41, 5.74) is 0.850. The Morgan fingerprint density at radius 1 is 1.12 bits per heavy atom. The molecule has 1 heterocycles. The molecule has 0 saturated heterocycles. The molecule has 1 aromatic heterocycles. The summed E-state index contributed by atoms with van der Waals surface area (Å²) in [7, 11) is 6.41. The monoisotopic (exact) mass is 334 g/mol. The first-order valence-electron chi connectivity index (χ1n) is 7.38. The maximum Gasteiger partial charge on any atom is 0.239 e. The average Bonchev–Trinajstić information content (AvgIpc) is 3.01. The lowest BCUT2D eigenvalue weighted by Crippen LogP contribution is -2.26. The number of hydrogen-bond donors (Lipinski definition) is 2.